The maximum atomic E-state index is 6.40. The molecule has 0 spiro atoms. The summed E-state index contributed by atoms with van der Waals surface area (Å²) in [4.78, 5) is 9.97. The van der Waals surface area contributed by atoms with E-state index in [4.69, 9.17) is 14.7 Å². The van der Waals surface area contributed by atoms with Crippen molar-refractivity contribution in [2.45, 2.75) is 149 Å². The summed E-state index contributed by atoms with van der Waals surface area (Å²) in [5.74, 6) is 2.08. The average molecular weight is 495 g/mol. The van der Waals surface area contributed by atoms with Gasteiger partial charge in [0.05, 0.1) is 5.69 Å². The van der Waals surface area contributed by atoms with Crippen molar-refractivity contribution in [3.05, 3.63) is 47.4 Å². The van der Waals surface area contributed by atoms with Crippen LogP contribution in [-0.4, -0.2) is 9.97 Å². The molecule has 1 aromatic heterocycles. The lowest BCUT2D eigenvalue weighted by Gasteiger charge is -2.18. The zero-order valence-corrected chi connectivity index (χ0v) is 24.0. The molecule has 0 amide bonds. The van der Waals surface area contributed by atoms with Crippen LogP contribution in [0.5, 0.6) is 11.6 Å². The topological polar surface area (TPSA) is 35.0 Å². The van der Waals surface area contributed by atoms with Crippen LogP contribution in [0, 0.1) is 0 Å². The molecular formula is C33H54N2O. The number of unbranched alkanes of at least 4 members (excludes halogenated alkanes) is 10. The third-order valence-electron chi connectivity index (χ3n) is 7.28. The number of hydrogen-bond acceptors (Lipinski definition) is 3. The number of aromatic nitrogens is 2. The summed E-state index contributed by atoms with van der Waals surface area (Å²) >= 11 is 0. The average Bonchev–Trinajstić information content (AvgIpc) is 2.90. The zero-order valence-electron chi connectivity index (χ0n) is 24.0. The summed E-state index contributed by atoms with van der Waals surface area (Å²) in [6.07, 6.45) is 24.4. The van der Waals surface area contributed by atoms with Crippen molar-refractivity contribution >= 4 is 0 Å². The van der Waals surface area contributed by atoms with Gasteiger partial charge in [-0.25, -0.2) is 4.98 Å². The second-order valence-electron chi connectivity index (χ2n) is 10.6. The summed E-state index contributed by atoms with van der Waals surface area (Å²) < 4.78 is 6.40. The van der Waals surface area contributed by atoms with E-state index in [2.05, 4.69) is 52.0 Å². The van der Waals surface area contributed by atoms with Crippen molar-refractivity contribution in [3.63, 3.8) is 0 Å². The molecule has 0 atom stereocenters. The number of nitrogens with zero attached hydrogens (tertiary/aromatic N) is 2. The lowest BCUT2D eigenvalue weighted by Crippen LogP contribution is -2.07. The van der Waals surface area contributed by atoms with Gasteiger partial charge >= 0.3 is 0 Å². The molecule has 202 valence electrons. The first-order valence-electron chi connectivity index (χ1n) is 15.3. The standard InChI is InChI=1S/C33H54N2O/c1-5-9-13-14-15-16-18-19-28-23-25-30(26-24-28)36-33-31(22-17-10-6-2)34-27-32(35-33)29(20-11-7-3)21-12-8-4/h23-27,29H,5-22H2,1-4H3. The minimum Gasteiger partial charge on any atom is -0.437 e. The molecule has 0 bridgehead atoms. The molecule has 1 aromatic carbocycles. The number of benzene rings is 1. The van der Waals surface area contributed by atoms with Crippen LogP contribution in [0.2, 0.25) is 0 Å². The summed E-state index contributed by atoms with van der Waals surface area (Å²) in [6.45, 7) is 9.06. The van der Waals surface area contributed by atoms with Crippen LogP contribution in [0.3, 0.4) is 0 Å². The van der Waals surface area contributed by atoms with Crippen LogP contribution in [0.15, 0.2) is 30.5 Å². The van der Waals surface area contributed by atoms with Crippen molar-refractivity contribution in [1.82, 2.24) is 9.97 Å². The minimum absolute atomic E-state index is 0.480. The number of rotatable bonds is 21. The molecule has 3 nitrogen and oxygen atoms in total. The third-order valence-corrected chi connectivity index (χ3v) is 7.28. The van der Waals surface area contributed by atoms with E-state index in [1.807, 2.05) is 6.20 Å². The molecule has 0 aliphatic rings. The largest absolute Gasteiger partial charge is 0.437 e. The fraction of sp³-hybridized carbons (Fsp3) is 0.697. The van der Waals surface area contributed by atoms with Gasteiger partial charge in [0.2, 0.25) is 5.88 Å². The minimum atomic E-state index is 0.480. The second kappa shape index (κ2) is 19.2. The van der Waals surface area contributed by atoms with Gasteiger partial charge in [-0.2, -0.15) is 0 Å². The molecule has 0 saturated carbocycles. The monoisotopic (exact) mass is 494 g/mol. The maximum absolute atomic E-state index is 6.40. The molecule has 0 saturated heterocycles. The van der Waals surface area contributed by atoms with Gasteiger partial charge in [-0.05, 0) is 56.2 Å². The Labute approximate surface area is 222 Å². The van der Waals surface area contributed by atoms with Crippen molar-refractivity contribution in [3.8, 4) is 11.6 Å². The highest BCUT2D eigenvalue weighted by Gasteiger charge is 2.17. The quantitative estimate of drug-likeness (QED) is 0.162. The molecule has 0 aliphatic carbocycles. The van der Waals surface area contributed by atoms with Gasteiger partial charge in [-0.3, -0.25) is 4.98 Å². The highest BCUT2D eigenvalue weighted by molar-refractivity contribution is 5.33. The Hall–Kier alpha value is -1.90. The fourth-order valence-corrected chi connectivity index (χ4v) is 4.87. The predicted molar refractivity (Wildman–Crippen MR) is 155 cm³/mol. The summed E-state index contributed by atoms with van der Waals surface area (Å²) in [5, 5.41) is 0. The molecule has 2 rings (SSSR count). The van der Waals surface area contributed by atoms with E-state index in [0.717, 1.165) is 42.3 Å². The first-order chi connectivity index (χ1) is 17.7. The van der Waals surface area contributed by atoms with E-state index >= 15 is 0 Å². The highest BCUT2D eigenvalue weighted by Crippen LogP contribution is 2.30. The fourth-order valence-electron chi connectivity index (χ4n) is 4.87. The van der Waals surface area contributed by atoms with Gasteiger partial charge < -0.3 is 4.74 Å². The van der Waals surface area contributed by atoms with Gasteiger partial charge in [0.25, 0.3) is 0 Å². The Bertz CT molecular complexity index is 794. The molecule has 0 fully saturated rings. The first-order valence-corrected chi connectivity index (χ1v) is 15.3. The van der Waals surface area contributed by atoms with Crippen LogP contribution < -0.4 is 4.74 Å². The van der Waals surface area contributed by atoms with Crippen LogP contribution in [0.4, 0.5) is 0 Å². The maximum Gasteiger partial charge on any atom is 0.241 e. The van der Waals surface area contributed by atoms with Crippen LogP contribution in [0.1, 0.15) is 153 Å². The Morgan fingerprint density at radius 2 is 1.19 bits per heavy atom. The summed E-state index contributed by atoms with van der Waals surface area (Å²) in [5.41, 5.74) is 3.52. The lowest BCUT2D eigenvalue weighted by atomic mass is 9.93. The lowest BCUT2D eigenvalue weighted by molar-refractivity contribution is 0.438. The van der Waals surface area contributed by atoms with Gasteiger partial charge in [-0.15, -0.1) is 0 Å². The molecule has 3 heteroatoms. The van der Waals surface area contributed by atoms with E-state index in [-0.39, 0.29) is 0 Å². The van der Waals surface area contributed by atoms with Crippen LogP contribution in [-0.2, 0) is 12.8 Å². The van der Waals surface area contributed by atoms with Crippen molar-refractivity contribution in [1.29, 1.82) is 0 Å². The van der Waals surface area contributed by atoms with Gasteiger partial charge in [0.1, 0.15) is 11.4 Å². The SMILES string of the molecule is CCCCCCCCCc1ccc(Oc2nc(C(CCCC)CCCC)cnc2CCCCC)cc1. The van der Waals surface area contributed by atoms with E-state index in [1.54, 1.807) is 0 Å². The normalized spacial score (nSPS) is 11.4. The Morgan fingerprint density at radius 3 is 1.83 bits per heavy atom. The van der Waals surface area contributed by atoms with E-state index < -0.39 is 0 Å². The zero-order chi connectivity index (χ0) is 25.8. The molecule has 0 unspecified atom stereocenters. The van der Waals surface area contributed by atoms with Crippen molar-refractivity contribution in [2.75, 3.05) is 0 Å². The highest BCUT2D eigenvalue weighted by atomic mass is 16.5. The molecule has 2 aromatic rings. The van der Waals surface area contributed by atoms with Gasteiger partial charge in [0.15, 0.2) is 0 Å². The summed E-state index contributed by atoms with van der Waals surface area (Å²) in [6, 6.07) is 8.69. The molecule has 36 heavy (non-hydrogen) atoms. The predicted octanol–water partition coefficient (Wildman–Crippen LogP) is 10.8. The van der Waals surface area contributed by atoms with Crippen molar-refractivity contribution < 1.29 is 4.74 Å². The molecule has 0 radical (unpaired) electrons. The molecular weight excluding hydrogens is 440 g/mol. The Kier molecular flexibility index (Phi) is 16.2. The van der Waals surface area contributed by atoms with Gasteiger partial charge in [0, 0.05) is 12.1 Å². The second-order valence-corrected chi connectivity index (χ2v) is 10.6. The molecule has 0 N–H and O–H groups in total. The first kappa shape index (κ1) is 30.3. The van der Waals surface area contributed by atoms with E-state index in [9.17, 15) is 0 Å². The summed E-state index contributed by atoms with van der Waals surface area (Å²) in [7, 11) is 0. The Morgan fingerprint density at radius 1 is 0.639 bits per heavy atom. The molecule has 1 heterocycles. The van der Waals surface area contributed by atoms with Crippen molar-refractivity contribution in [2.24, 2.45) is 0 Å². The van der Waals surface area contributed by atoms with Crippen LogP contribution >= 0.6 is 0 Å². The number of aryl methyl sites for hydroxylation is 2. The smallest absolute Gasteiger partial charge is 0.241 e. The third kappa shape index (κ3) is 11.9. The van der Waals surface area contributed by atoms with E-state index in [0.29, 0.717) is 5.92 Å². The number of ether oxygens (including phenoxy) is 1. The van der Waals surface area contributed by atoms with Gasteiger partial charge in [-0.1, -0.05) is 117 Å². The number of hydrogen-bond donors (Lipinski definition) is 0. The molecule has 0 aliphatic heterocycles. The van der Waals surface area contributed by atoms with Crippen LogP contribution in [0.25, 0.3) is 0 Å². The van der Waals surface area contributed by atoms with E-state index in [1.165, 1.54) is 102 Å². The Balaban J connectivity index is 2.05.